The van der Waals surface area contributed by atoms with Gasteiger partial charge in [0.25, 0.3) is 0 Å². The zero-order valence-electron chi connectivity index (χ0n) is 44.6. The van der Waals surface area contributed by atoms with E-state index >= 15 is 0 Å². The highest BCUT2D eigenvalue weighted by Gasteiger charge is 2.30. The minimum absolute atomic E-state index is 0.142. The van der Waals surface area contributed by atoms with Crippen LogP contribution in [0.4, 0.5) is 0 Å². The van der Waals surface area contributed by atoms with Crippen molar-refractivity contribution in [2.75, 3.05) is 66.6 Å². The number of likely N-dealkylation sites (tertiary alicyclic amines) is 2. The van der Waals surface area contributed by atoms with Crippen molar-refractivity contribution < 1.29 is 23.6 Å². The first-order valence-electron chi connectivity index (χ1n) is 27.9. The maximum atomic E-state index is 13.0. The van der Waals surface area contributed by atoms with Gasteiger partial charge in [-0.05, 0) is 179 Å². The normalized spacial score (nSPS) is 16.1. The van der Waals surface area contributed by atoms with Gasteiger partial charge in [-0.15, -0.1) is 0 Å². The Morgan fingerprint density at radius 1 is 0.697 bits per heavy atom. The van der Waals surface area contributed by atoms with E-state index in [4.69, 9.17) is 37.4 Å². The van der Waals surface area contributed by atoms with Crippen LogP contribution in [0, 0.1) is 11.8 Å². The Morgan fingerprint density at radius 2 is 1.30 bits per heavy atom. The van der Waals surface area contributed by atoms with Crippen LogP contribution in [0.2, 0.25) is 0 Å². The van der Waals surface area contributed by atoms with Crippen LogP contribution in [-0.2, 0) is 35.8 Å². The Bertz CT molecular complexity index is 3100. The summed E-state index contributed by atoms with van der Waals surface area (Å²) in [5.74, 6) is 2.86. The number of ether oxygens (including phenoxy) is 2. The van der Waals surface area contributed by atoms with Crippen molar-refractivity contribution in [1.29, 1.82) is 0 Å². The molecule has 0 bridgehead atoms. The van der Waals surface area contributed by atoms with Crippen molar-refractivity contribution in [3.05, 3.63) is 96.6 Å². The highest BCUT2D eigenvalue weighted by molar-refractivity contribution is 6.22. The molecule has 16 nitrogen and oxygen atoms in total. The number of fused-ring (bicyclic) bond motifs is 10. The van der Waals surface area contributed by atoms with Crippen LogP contribution >= 0.6 is 0 Å². The SMILES string of the molecule is COc1ccc2nc3c(CNC(=O)[C@@H](N)CCCCN)cc4ccn(CCN5CCC(C6CCN(CC[n+]7ccc8cc(CNC(=O)[C@@H](N)CCCCN)c9[nH]c%10ccc(OC)cc%10c9c8c7)CC6)CC5)cc4c3c2c1. The number of piperidine rings is 2. The Hall–Kier alpha value is -6.40. The average molecular weight is 1030 g/mol. The van der Waals surface area contributed by atoms with Gasteiger partial charge in [0.05, 0.1) is 54.8 Å². The lowest BCUT2D eigenvalue weighted by atomic mass is 9.79. The van der Waals surface area contributed by atoms with Crippen LogP contribution in [0.1, 0.15) is 75.3 Å². The van der Waals surface area contributed by atoms with E-state index in [-0.39, 0.29) is 11.8 Å². The summed E-state index contributed by atoms with van der Waals surface area (Å²) < 4.78 is 16.0. The number of carbonyl (C=O) groups is 2. The number of benzene rings is 4. The molecule has 0 aliphatic carbocycles. The van der Waals surface area contributed by atoms with E-state index in [1.54, 1.807) is 14.2 Å². The van der Waals surface area contributed by atoms with Crippen molar-refractivity contribution in [3.8, 4) is 11.5 Å². The molecule has 0 unspecified atom stereocenters. The van der Waals surface area contributed by atoms with Gasteiger partial charge in [0.15, 0.2) is 18.9 Å². The fourth-order valence-corrected chi connectivity index (χ4v) is 12.1. The number of hydrogen-bond acceptors (Lipinski definition) is 11. The van der Waals surface area contributed by atoms with Crippen molar-refractivity contribution in [2.24, 2.45) is 34.8 Å². The second kappa shape index (κ2) is 24.3. The number of hydrogen-bond donors (Lipinski definition) is 7. The molecule has 10 rings (SSSR count). The summed E-state index contributed by atoms with van der Waals surface area (Å²) in [6.07, 6.45) is 18.6. The quantitative estimate of drug-likeness (QED) is 0.0264. The molecule has 16 heteroatoms. The topological polar surface area (TPSA) is 225 Å². The number of methoxy groups -OCH3 is 2. The maximum absolute atomic E-state index is 13.0. The average Bonchev–Trinajstić information content (AvgIpc) is 4.04. The van der Waals surface area contributed by atoms with E-state index in [2.05, 4.69) is 102 Å². The third kappa shape index (κ3) is 11.8. The second-order valence-electron chi connectivity index (χ2n) is 21.5. The molecule has 2 aliphatic rings. The van der Waals surface area contributed by atoms with Gasteiger partial charge in [-0.1, -0.05) is 12.8 Å². The zero-order valence-corrected chi connectivity index (χ0v) is 44.6. The molecule has 2 saturated heterocycles. The molecule has 2 aliphatic heterocycles. The van der Waals surface area contributed by atoms with E-state index < -0.39 is 12.1 Å². The molecule has 0 saturated carbocycles. The number of rotatable bonds is 23. The largest absolute Gasteiger partial charge is 0.497 e. The highest BCUT2D eigenvalue weighted by atomic mass is 16.5. The lowest BCUT2D eigenvalue weighted by molar-refractivity contribution is -0.695. The molecule has 11 N–H and O–H groups in total. The molecule has 0 radical (unpaired) electrons. The van der Waals surface area contributed by atoms with Crippen LogP contribution in [0.15, 0.2) is 85.5 Å². The first-order chi connectivity index (χ1) is 37.1. The summed E-state index contributed by atoms with van der Waals surface area (Å²) in [4.78, 5) is 40.1. The minimum atomic E-state index is -0.567. The number of H-pyrrole nitrogens is 1. The Morgan fingerprint density at radius 3 is 1.96 bits per heavy atom. The number of nitrogens with zero attached hydrogens (tertiary/aromatic N) is 5. The summed E-state index contributed by atoms with van der Waals surface area (Å²) >= 11 is 0. The van der Waals surface area contributed by atoms with Gasteiger partial charge in [0.2, 0.25) is 11.8 Å². The van der Waals surface area contributed by atoms with Crippen LogP contribution < -0.4 is 47.6 Å². The lowest BCUT2D eigenvalue weighted by Crippen LogP contribution is -2.45. The number of pyridine rings is 2. The van der Waals surface area contributed by atoms with Crippen molar-refractivity contribution in [2.45, 2.75) is 102 Å². The van der Waals surface area contributed by atoms with Crippen molar-refractivity contribution in [3.63, 3.8) is 0 Å². The monoisotopic (exact) mass is 1030 g/mol. The highest BCUT2D eigenvalue weighted by Crippen LogP contribution is 2.38. The van der Waals surface area contributed by atoms with Crippen LogP contribution in [-0.4, -0.2) is 115 Å². The molecule has 4 aromatic carbocycles. The molecule has 8 aromatic rings. The van der Waals surface area contributed by atoms with E-state index in [9.17, 15) is 9.59 Å². The Balaban J connectivity index is 0.737. The van der Waals surface area contributed by atoms with E-state index in [0.717, 1.165) is 172 Å². The second-order valence-corrected chi connectivity index (χ2v) is 21.5. The molecule has 2 atom stereocenters. The summed E-state index contributed by atoms with van der Waals surface area (Å²) in [6, 6.07) is 19.8. The molecule has 2 amide bonds. The fourth-order valence-electron chi connectivity index (χ4n) is 12.1. The van der Waals surface area contributed by atoms with E-state index in [0.29, 0.717) is 39.0 Å². The standard InChI is InChI=1S/C60H78N12O4/c1-75-45-9-11-53-47(33-45)55-49-37-71(25-17-41(49)31-43(57(55)67-53)35-65-59(73)51(63)7-3-5-19-61)29-27-69-21-13-39(14-22-69)40-15-23-70(24-16-40)28-30-72-26-18-42-32-44(36-66-60(74)52(64)8-4-6-20-62)58-56(50(42)38-72)48-34-46(76-2)10-12-54(48)68-58/h9-12,17-18,25-26,31-34,37-40,51-52H,3-8,13-16,19-24,27-30,35-36,61-64H2,1-2H3,(H2,65,66,73,74)/p+1/t51-,52-/m0/s1. The van der Waals surface area contributed by atoms with Gasteiger partial charge in [-0.3, -0.25) is 14.5 Å². The molecular weight excluding hydrogens is 953 g/mol. The van der Waals surface area contributed by atoms with E-state index in [1.165, 1.54) is 31.1 Å². The van der Waals surface area contributed by atoms with Gasteiger partial charge < -0.3 is 57.5 Å². The number of amides is 2. The number of carbonyl (C=O) groups excluding carboxylic acids is 2. The number of unbranched alkanes of at least 4 members (excludes halogenated alkanes) is 2. The Kier molecular flexibility index (Phi) is 16.9. The number of aromatic amines is 1. The predicted molar refractivity (Wildman–Crippen MR) is 305 cm³/mol. The van der Waals surface area contributed by atoms with Gasteiger partial charge >= 0.3 is 0 Å². The van der Waals surface area contributed by atoms with E-state index in [1.807, 2.05) is 18.2 Å². The first-order valence-corrected chi connectivity index (χ1v) is 27.9. The third-order valence-corrected chi connectivity index (χ3v) is 16.7. The molecular formula is C60H79N12O4+. The lowest BCUT2D eigenvalue weighted by Gasteiger charge is -2.40. The summed E-state index contributed by atoms with van der Waals surface area (Å²) in [5.41, 5.74) is 29.6. The smallest absolute Gasteiger partial charge is 0.237 e. The van der Waals surface area contributed by atoms with Crippen molar-refractivity contribution >= 4 is 77.0 Å². The minimum Gasteiger partial charge on any atom is -0.497 e. The van der Waals surface area contributed by atoms with Gasteiger partial charge in [-0.2, -0.15) is 0 Å². The molecule has 402 valence electrons. The fraction of sp³-hybridized carbons (Fsp3) is 0.467. The summed E-state index contributed by atoms with van der Waals surface area (Å²) in [7, 11) is 3.39. The molecule has 2 fully saturated rings. The van der Waals surface area contributed by atoms with Crippen LogP contribution in [0.3, 0.4) is 0 Å². The summed E-state index contributed by atoms with van der Waals surface area (Å²) in [6.45, 7) is 10.3. The maximum Gasteiger partial charge on any atom is 0.237 e. The molecule has 6 heterocycles. The van der Waals surface area contributed by atoms with Gasteiger partial charge in [0.1, 0.15) is 11.5 Å². The van der Waals surface area contributed by atoms with Gasteiger partial charge in [-0.25, -0.2) is 9.55 Å². The zero-order chi connectivity index (χ0) is 52.7. The Labute approximate surface area is 445 Å². The number of aromatic nitrogens is 4. The molecule has 4 aromatic heterocycles. The first kappa shape index (κ1) is 53.0. The molecule has 76 heavy (non-hydrogen) atoms. The summed E-state index contributed by atoms with van der Waals surface area (Å²) in [5, 5.41) is 15.1. The number of nitrogens with two attached hydrogens (primary N) is 4. The van der Waals surface area contributed by atoms with Crippen molar-refractivity contribution in [1.82, 2.24) is 35.0 Å². The van der Waals surface area contributed by atoms with Crippen LogP contribution in [0.25, 0.3) is 65.2 Å². The number of nitrogens with one attached hydrogen (secondary N) is 3. The molecule has 0 spiro atoms. The van der Waals surface area contributed by atoms with Crippen LogP contribution in [0.5, 0.6) is 11.5 Å². The third-order valence-electron chi connectivity index (χ3n) is 16.7. The predicted octanol–water partition coefficient (Wildman–Crippen LogP) is 6.70. The van der Waals surface area contributed by atoms with Gasteiger partial charge in [0, 0.05) is 77.1 Å².